The number of sulfone groups is 1. The van der Waals surface area contributed by atoms with E-state index in [1.165, 1.54) is 23.8 Å². The molecule has 26 heavy (non-hydrogen) atoms. The topological polar surface area (TPSA) is 66.5 Å². The predicted octanol–water partition coefficient (Wildman–Crippen LogP) is 3.38. The zero-order valence-electron chi connectivity index (χ0n) is 15.1. The Kier molecular flexibility index (Phi) is 6.81. The summed E-state index contributed by atoms with van der Waals surface area (Å²) in [6.45, 7) is 2.90. The Morgan fingerprint density at radius 1 is 1.12 bits per heavy atom. The minimum atomic E-state index is -3.37. The van der Waals surface area contributed by atoms with Gasteiger partial charge in [0.05, 0.1) is 22.2 Å². The van der Waals surface area contributed by atoms with Crippen LogP contribution in [-0.2, 0) is 27.6 Å². The van der Waals surface area contributed by atoms with Crippen LogP contribution in [0.15, 0.2) is 47.4 Å². The third kappa shape index (κ3) is 5.83. The van der Waals surface area contributed by atoms with Gasteiger partial charge in [0.2, 0.25) is 5.91 Å². The Hall–Kier alpha value is -1.89. The Bertz CT molecular complexity index is 880. The van der Waals surface area contributed by atoms with E-state index in [1.54, 1.807) is 0 Å². The molecule has 140 valence electrons. The van der Waals surface area contributed by atoms with Crippen LogP contribution >= 0.6 is 11.6 Å². The summed E-state index contributed by atoms with van der Waals surface area (Å²) in [5.41, 5.74) is 2.68. The van der Waals surface area contributed by atoms with Gasteiger partial charge in [0, 0.05) is 12.8 Å². The van der Waals surface area contributed by atoms with Gasteiger partial charge in [0.25, 0.3) is 0 Å². The Morgan fingerprint density at radius 2 is 1.73 bits per heavy atom. The van der Waals surface area contributed by atoms with Crippen LogP contribution in [0.3, 0.4) is 0 Å². The van der Waals surface area contributed by atoms with Gasteiger partial charge in [0.1, 0.15) is 0 Å². The van der Waals surface area contributed by atoms with Crippen molar-refractivity contribution in [3.63, 3.8) is 0 Å². The van der Waals surface area contributed by atoms with Crippen LogP contribution in [0.1, 0.15) is 18.1 Å². The summed E-state index contributed by atoms with van der Waals surface area (Å²) in [5, 5.41) is 2.98. The Balaban J connectivity index is 1.99. The quantitative estimate of drug-likeness (QED) is 0.781. The molecule has 0 radical (unpaired) electrons. The van der Waals surface area contributed by atoms with Crippen molar-refractivity contribution in [2.45, 2.75) is 24.8 Å². The molecule has 2 rings (SSSR count). The summed E-state index contributed by atoms with van der Waals surface area (Å²) in [4.78, 5) is 14.3. The van der Waals surface area contributed by atoms with Gasteiger partial charge in [-0.1, -0.05) is 42.8 Å². The SMILES string of the molecule is CCc1ccc(CN(C)CC(=O)Nc2cc(S(C)(=O)=O)ccc2Cl)cc1. The standard InChI is InChI=1S/C19H23ClN2O3S/c1-4-14-5-7-15(8-6-14)12-22(2)13-19(23)21-18-11-16(26(3,24)25)9-10-17(18)20/h5-11H,4,12-13H2,1-3H3,(H,21,23). The molecule has 0 bridgehead atoms. The summed E-state index contributed by atoms with van der Waals surface area (Å²) in [6, 6.07) is 12.5. The maximum absolute atomic E-state index is 12.3. The zero-order valence-corrected chi connectivity index (χ0v) is 16.7. The van der Waals surface area contributed by atoms with E-state index < -0.39 is 9.84 Å². The molecular formula is C19H23ClN2O3S. The molecule has 2 aromatic rings. The van der Waals surface area contributed by atoms with E-state index in [1.807, 2.05) is 11.9 Å². The van der Waals surface area contributed by atoms with Crippen LogP contribution in [0.5, 0.6) is 0 Å². The minimum absolute atomic E-state index is 0.113. The van der Waals surface area contributed by atoms with E-state index in [0.717, 1.165) is 18.2 Å². The third-order valence-corrected chi connectivity index (χ3v) is 5.38. The molecule has 0 unspecified atom stereocenters. The lowest BCUT2D eigenvalue weighted by Gasteiger charge is -2.17. The highest BCUT2D eigenvalue weighted by Gasteiger charge is 2.13. The summed E-state index contributed by atoms with van der Waals surface area (Å²) in [5.74, 6) is -0.259. The first-order valence-electron chi connectivity index (χ1n) is 8.25. The van der Waals surface area contributed by atoms with Gasteiger partial charge in [-0.2, -0.15) is 0 Å². The zero-order chi connectivity index (χ0) is 19.3. The number of benzene rings is 2. The molecule has 0 spiro atoms. The highest BCUT2D eigenvalue weighted by atomic mass is 35.5. The van der Waals surface area contributed by atoms with Gasteiger partial charge in [-0.25, -0.2) is 8.42 Å². The highest BCUT2D eigenvalue weighted by Crippen LogP contribution is 2.25. The smallest absolute Gasteiger partial charge is 0.238 e. The van der Waals surface area contributed by atoms with E-state index >= 15 is 0 Å². The molecule has 7 heteroatoms. The fourth-order valence-electron chi connectivity index (χ4n) is 2.51. The van der Waals surface area contributed by atoms with Crippen molar-refractivity contribution in [2.75, 3.05) is 25.2 Å². The van der Waals surface area contributed by atoms with Gasteiger partial charge in [-0.15, -0.1) is 0 Å². The van der Waals surface area contributed by atoms with Crippen molar-refractivity contribution in [3.05, 3.63) is 58.6 Å². The van der Waals surface area contributed by atoms with Crippen LogP contribution in [0.25, 0.3) is 0 Å². The molecule has 1 amide bonds. The number of hydrogen-bond donors (Lipinski definition) is 1. The molecule has 0 aliphatic rings. The number of carbonyl (C=O) groups is 1. The summed E-state index contributed by atoms with van der Waals surface area (Å²) < 4.78 is 23.3. The van der Waals surface area contributed by atoms with Crippen molar-refractivity contribution in [2.24, 2.45) is 0 Å². The van der Waals surface area contributed by atoms with E-state index in [-0.39, 0.29) is 17.3 Å². The molecule has 0 saturated heterocycles. The molecule has 0 aliphatic heterocycles. The van der Waals surface area contributed by atoms with Crippen molar-refractivity contribution < 1.29 is 13.2 Å². The number of likely N-dealkylation sites (N-methyl/N-ethyl adjacent to an activating group) is 1. The van der Waals surface area contributed by atoms with Gasteiger partial charge < -0.3 is 5.32 Å². The monoisotopic (exact) mass is 394 g/mol. The van der Waals surface area contributed by atoms with Crippen LogP contribution in [-0.4, -0.2) is 39.1 Å². The van der Waals surface area contributed by atoms with Gasteiger partial charge in [-0.05, 0) is 42.8 Å². The molecule has 0 aliphatic carbocycles. The second-order valence-electron chi connectivity index (χ2n) is 6.30. The fraction of sp³-hybridized carbons (Fsp3) is 0.316. The third-order valence-electron chi connectivity index (χ3n) is 3.94. The Morgan fingerprint density at radius 3 is 2.31 bits per heavy atom. The number of amides is 1. The number of rotatable bonds is 7. The number of halogens is 1. The highest BCUT2D eigenvalue weighted by molar-refractivity contribution is 7.90. The lowest BCUT2D eigenvalue weighted by molar-refractivity contribution is -0.117. The number of hydrogen-bond acceptors (Lipinski definition) is 4. The van der Waals surface area contributed by atoms with Gasteiger partial charge in [0.15, 0.2) is 9.84 Å². The van der Waals surface area contributed by atoms with Crippen molar-refractivity contribution in [3.8, 4) is 0 Å². The second-order valence-corrected chi connectivity index (χ2v) is 8.73. The van der Waals surface area contributed by atoms with E-state index in [2.05, 4.69) is 36.5 Å². The number of anilines is 1. The lowest BCUT2D eigenvalue weighted by Crippen LogP contribution is -2.30. The molecule has 0 fully saturated rings. The maximum Gasteiger partial charge on any atom is 0.238 e. The average molecular weight is 395 g/mol. The molecule has 1 N–H and O–H groups in total. The normalized spacial score (nSPS) is 11.6. The molecule has 0 atom stereocenters. The van der Waals surface area contributed by atoms with Crippen LogP contribution < -0.4 is 5.32 Å². The number of nitrogens with one attached hydrogen (secondary N) is 1. The van der Waals surface area contributed by atoms with Crippen LogP contribution in [0.2, 0.25) is 5.02 Å². The first-order chi connectivity index (χ1) is 12.2. The largest absolute Gasteiger partial charge is 0.324 e. The lowest BCUT2D eigenvalue weighted by atomic mass is 10.1. The van der Waals surface area contributed by atoms with E-state index in [9.17, 15) is 13.2 Å². The average Bonchev–Trinajstić information content (AvgIpc) is 2.56. The van der Waals surface area contributed by atoms with E-state index in [0.29, 0.717) is 17.3 Å². The summed E-state index contributed by atoms with van der Waals surface area (Å²) >= 11 is 6.06. The minimum Gasteiger partial charge on any atom is -0.324 e. The fourth-order valence-corrected chi connectivity index (χ4v) is 3.33. The molecular weight excluding hydrogens is 372 g/mol. The molecule has 5 nitrogen and oxygen atoms in total. The van der Waals surface area contributed by atoms with Crippen LogP contribution in [0.4, 0.5) is 5.69 Å². The predicted molar refractivity (Wildman–Crippen MR) is 105 cm³/mol. The van der Waals surface area contributed by atoms with Gasteiger partial charge in [-0.3, -0.25) is 9.69 Å². The maximum atomic E-state index is 12.3. The number of nitrogens with zero attached hydrogens (tertiary/aromatic N) is 1. The van der Waals surface area contributed by atoms with Crippen molar-refractivity contribution in [1.82, 2.24) is 4.90 Å². The first kappa shape index (κ1) is 20.4. The summed E-state index contributed by atoms with van der Waals surface area (Å²) in [7, 11) is -1.52. The van der Waals surface area contributed by atoms with Crippen molar-refractivity contribution in [1.29, 1.82) is 0 Å². The molecule has 0 saturated carbocycles. The van der Waals surface area contributed by atoms with Crippen LogP contribution in [0, 0.1) is 0 Å². The molecule has 0 aromatic heterocycles. The number of carbonyl (C=O) groups excluding carboxylic acids is 1. The first-order valence-corrected chi connectivity index (χ1v) is 10.5. The van der Waals surface area contributed by atoms with Crippen molar-refractivity contribution >= 4 is 33.0 Å². The van der Waals surface area contributed by atoms with E-state index in [4.69, 9.17) is 11.6 Å². The van der Waals surface area contributed by atoms with Gasteiger partial charge >= 0.3 is 0 Å². The Labute approximate surface area is 159 Å². The number of aryl methyl sites for hydroxylation is 1. The second kappa shape index (κ2) is 8.66. The molecule has 0 heterocycles. The summed E-state index contributed by atoms with van der Waals surface area (Å²) in [6.07, 6.45) is 2.10. The molecule has 2 aromatic carbocycles.